The maximum absolute atomic E-state index is 6.06. The van der Waals surface area contributed by atoms with Gasteiger partial charge in [-0.15, -0.1) is 0 Å². The third-order valence-corrected chi connectivity index (χ3v) is 3.61. The molecule has 0 fully saturated rings. The number of fused-ring (bicyclic) bond motifs is 1. The lowest BCUT2D eigenvalue weighted by Gasteiger charge is -2.18. The van der Waals surface area contributed by atoms with Gasteiger partial charge in [0, 0.05) is 24.7 Å². The van der Waals surface area contributed by atoms with E-state index >= 15 is 0 Å². The first-order valence-electron chi connectivity index (χ1n) is 5.87. The smallest absolute Gasteiger partial charge is 0.127 e. The molecule has 0 aliphatic carbocycles. The van der Waals surface area contributed by atoms with Gasteiger partial charge in [-0.3, -0.25) is 0 Å². The SMILES string of the molecule is CNc1c(C)c(C)c2c(c1C)CC(C)(C)O2. The normalized spacial score (nSPS) is 16.9. The number of benzene rings is 1. The van der Waals surface area contributed by atoms with Crippen LogP contribution in [0.3, 0.4) is 0 Å². The van der Waals surface area contributed by atoms with Crippen molar-refractivity contribution in [3.05, 3.63) is 22.3 Å². The van der Waals surface area contributed by atoms with Crippen LogP contribution in [0.5, 0.6) is 5.75 Å². The number of rotatable bonds is 1. The van der Waals surface area contributed by atoms with Crippen LogP contribution in [0.2, 0.25) is 0 Å². The number of hydrogen-bond acceptors (Lipinski definition) is 2. The number of ether oxygens (including phenoxy) is 1. The van der Waals surface area contributed by atoms with E-state index in [0.29, 0.717) is 0 Å². The van der Waals surface area contributed by atoms with Crippen LogP contribution in [-0.4, -0.2) is 12.6 Å². The first-order chi connectivity index (χ1) is 7.37. The van der Waals surface area contributed by atoms with Gasteiger partial charge in [-0.2, -0.15) is 0 Å². The molecule has 1 aromatic rings. The summed E-state index contributed by atoms with van der Waals surface area (Å²) < 4.78 is 6.06. The van der Waals surface area contributed by atoms with Crippen molar-refractivity contribution < 1.29 is 4.74 Å². The first kappa shape index (κ1) is 11.3. The van der Waals surface area contributed by atoms with Gasteiger partial charge in [-0.05, 0) is 51.3 Å². The molecule has 0 spiro atoms. The maximum Gasteiger partial charge on any atom is 0.127 e. The lowest BCUT2D eigenvalue weighted by Crippen LogP contribution is -2.24. The summed E-state index contributed by atoms with van der Waals surface area (Å²) in [5.74, 6) is 1.11. The monoisotopic (exact) mass is 219 g/mol. The van der Waals surface area contributed by atoms with Crippen LogP contribution in [0, 0.1) is 20.8 Å². The Morgan fingerprint density at radius 1 is 1.06 bits per heavy atom. The summed E-state index contributed by atoms with van der Waals surface area (Å²) in [5, 5.41) is 3.31. The van der Waals surface area contributed by atoms with Crippen LogP contribution in [0.1, 0.15) is 36.1 Å². The Kier molecular flexibility index (Phi) is 2.41. The molecule has 1 aromatic carbocycles. The summed E-state index contributed by atoms with van der Waals surface area (Å²) in [7, 11) is 1.99. The molecule has 2 rings (SSSR count). The molecule has 1 heterocycles. The maximum atomic E-state index is 6.06. The number of nitrogens with one attached hydrogen (secondary N) is 1. The highest BCUT2D eigenvalue weighted by atomic mass is 16.5. The van der Waals surface area contributed by atoms with Gasteiger partial charge in [0.25, 0.3) is 0 Å². The molecule has 0 saturated carbocycles. The molecule has 0 bridgehead atoms. The van der Waals surface area contributed by atoms with Crippen molar-refractivity contribution in [1.29, 1.82) is 0 Å². The van der Waals surface area contributed by atoms with E-state index in [1.807, 2.05) is 7.05 Å². The average molecular weight is 219 g/mol. The van der Waals surface area contributed by atoms with Gasteiger partial charge in [0.15, 0.2) is 0 Å². The van der Waals surface area contributed by atoms with Crippen molar-refractivity contribution in [3.63, 3.8) is 0 Å². The standard InChI is InChI=1S/C14H21NO/c1-8-9(2)13-11(7-14(4,5)16-13)10(3)12(8)15-6/h15H,7H2,1-6H3. The van der Waals surface area contributed by atoms with Gasteiger partial charge < -0.3 is 10.1 Å². The second kappa shape index (κ2) is 3.41. The molecule has 2 heteroatoms. The zero-order valence-corrected chi connectivity index (χ0v) is 11.1. The van der Waals surface area contributed by atoms with E-state index in [4.69, 9.17) is 4.74 Å². The van der Waals surface area contributed by atoms with E-state index in [2.05, 4.69) is 39.9 Å². The Hall–Kier alpha value is -1.18. The van der Waals surface area contributed by atoms with Crippen molar-refractivity contribution in [3.8, 4) is 5.75 Å². The highest BCUT2D eigenvalue weighted by Crippen LogP contribution is 2.44. The van der Waals surface area contributed by atoms with E-state index in [9.17, 15) is 0 Å². The predicted molar refractivity (Wildman–Crippen MR) is 68.6 cm³/mol. The van der Waals surface area contributed by atoms with Crippen LogP contribution in [-0.2, 0) is 6.42 Å². The Balaban J connectivity index is 2.68. The summed E-state index contributed by atoms with van der Waals surface area (Å²) in [6.45, 7) is 10.8. The zero-order chi connectivity index (χ0) is 12.1. The Labute approximate surface area is 98.0 Å². The fourth-order valence-electron chi connectivity index (χ4n) is 2.65. The van der Waals surface area contributed by atoms with E-state index in [1.54, 1.807) is 0 Å². The quantitative estimate of drug-likeness (QED) is 0.782. The minimum atomic E-state index is -0.0589. The minimum absolute atomic E-state index is 0.0589. The third-order valence-electron chi connectivity index (χ3n) is 3.61. The second-order valence-corrected chi connectivity index (χ2v) is 5.35. The zero-order valence-electron chi connectivity index (χ0n) is 11.1. The van der Waals surface area contributed by atoms with Crippen molar-refractivity contribution in [1.82, 2.24) is 0 Å². The molecule has 88 valence electrons. The molecule has 0 aromatic heterocycles. The molecular weight excluding hydrogens is 198 g/mol. The molecule has 0 saturated heterocycles. The molecule has 0 unspecified atom stereocenters. The van der Waals surface area contributed by atoms with Crippen molar-refractivity contribution in [2.75, 3.05) is 12.4 Å². The summed E-state index contributed by atoms with van der Waals surface area (Å²) >= 11 is 0. The lowest BCUT2D eigenvalue weighted by molar-refractivity contribution is 0.137. The van der Waals surface area contributed by atoms with Gasteiger partial charge in [-0.25, -0.2) is 0 Å². The van der Waals surface area contributed by atoms with Gasteiger partial charge in [0.1, 0.15) is 11.4 Å². The summed E-state index contributed by atoms with van der Waals surface area (Å²) in [4.78, 5) is 0. The molecular formula is C14H21NO. The van der Waals surface area contributed by atoms with Crippen LogP contribution in [0.25, 0.3) is 0 Å². The van der Waals surface area contributed by atoms with Gasteiger partial charge in [0.2, 0.25) is 0 Å². The van der Waals surface area contributed by atoms with E-state index in [0.717, 1.165) is 12.2 Å². The average Bonchev–Trinajstić information content (AvgIpc) is 2.52. The fourth-order valence-corrected chi connectivity index (χ4v) is 2.65. The molecule has 2 nitrogen and oxygen atoms in total. The molecule has 1 N–H and O–H groups in total. The molecule has 0 atom stereocenters. The van der Waals surface area contributed by atoms with Crippen LogP contribution in [0.15, 0.2) is 0 Å². The molecule has 1 aliphatic rings. The van der Waals surface area contributed by atoms with Crippen LogP contribution >= 0.6 is 0 Å². The predicted octanol–water partition coefficient (Wildman–Crippen LogP) is 3.37. The molecule has 0 radical (unpaired) electrons. The van der Waals surface area contributed by atoms with Gasteiger partial charge in [-0.1, -0.05) is 0 Å². The van der Waals surface area contributed by atoms with Gasteiger partial charge >= 0.3 is 0 Å². The number of anilines is 1. The molecule has 16 heavy (non-hydrogen) atoms. The number of hydrogen-bond donors (Lipinski definition) is 1. The minimum Gasteiger partial charge on any atom is -0.487 e. The highest BCUT2D eigenvalue weighted by Gasteiger charge is 2.34. The largest absolute Gasteiger partial charge is 0.487 e. The Bertz CT molecular complexity index is 447. The summed E-state index contributed by atoms with van der Waals surface area (Å²) in [6, 6.07) is 0. The van der Waals surface area contributed by atoms with Crippen LogP contribution < -0.4 is 10.1 Å². The highest BCUT2D eigenvalue weighted by molar-refractivity contribution is 5.68. The van der Waals surface area contributed by atoms with Gasteiger partial charge in [0.05, 0.1) is 0 Å². The van der Waals surface area contributed by atoms with Crippen molar-refractivity contribution in [2.45, 2.75) is 46.6 Å². The van der Waals surface area contributed by atoms with Crippen LogP contribution in [0.4, 0.5) is 5.69 Å². The summed E-state index contributed by atoms with van der Waals surface area (Å²) in [5.41, 5.74) is 6.49. The van der Waals surface area contributed by atoms with E-state index in [1.165, 1.54) is 27.9 Å². The lowest BCUT2D eigenvalue weighted by atomic mass is 9.92. The van der Waals surface area contributed by atoms with Crippen molar-refractivity contribution >= 4 is 5.69 Å². The molecule has 0 amide bonds. The summed E-state index contributed by atoms with van der Waals surface area (Å²) in [6.07, 6.45) is 1.00. The van der Waals surface area contributed by atoms with E-state index < -0.39 is 0 Å². The second-order valence-electron chi connectivity index (χ2n) is 5.35. The Morgan fingerprint density at radius 3 is 2.25 bits per heavy atom. The fraction of sp³-hybridized carbons (Fsp3) is 0.571. The van der Waals surface area contributed by atoms with E-state index in [-0.39, 0.29) is 5.60 Å². The topological polar surface area (TPSA) is 21.3 Å². The van der Waals surface area contributed by atoms with Crippen molar-refractivity contribution in [2.24, 2.45) is 0 Å². The third kappa shape index (κ3) is 1.48. The first-order valence-corrected chi connectivity index (χ1v) is 5.87. The molecule has 1 aliphatic heterocycles. The Morgan fingerprint density at radius 2 is 1.69 bits per heavy atom.